The highest BCUT2D eigenvalue weighted by atomic mass is 127. The van der Waals surface area contributed by atoms with E-state index in [1.807, 2.05) is 19.9 Å². The first kappa shape index (κ1) is 26.8. The fraction of sp³-hybridized carbons (Fsp3) is 0.667. The predicted molar refractivity (Wildman–Crippen MR) is 128 cm³/mol. The molecular formula is C21H38IN3O3. The maximum Gasteiger partial charge on any atom is 0.191 e. The lowest BCUT2D eigenvalue weighted by Gasteiger charge is -2.14. The minimum atomic E-state index is 0. The van der Waals surface area contributed by atoms with Crippen LogP contribution >= 0.6 is 24.0 Å². The monoisotopic (exact) mass is 507 g/mol. The molecule has 1 aromatic rings. The largest absolute Gasteiger partial charge is 0.490 e. The van der Waals surface area contributed by atoms with Crippen molar-refractivity contribution >= 4 is 29.9 Å². The van der Waals surface area contributed by atoms with Crippen molar-refractivity contribution in [1.82, 2.24) is 10.6 Å². The zero-order valence-corrected chi connectivity index (χ0v) is 20.2. The van der Waals surface area contributed by atoms with Crippen LogP contribution in [0.15, 0.2) is 23.2 Å². The Morgan fingerprint density at radius 1 is 0.964 bits per heavy atom. The molecule has 28 heavy (non-hydrogen) atoms. The van der Waals surface area contributed by atoms with Crippen LogP contribution in [0.5, 0.6) is 11.5 Å². The molecule has 162 valence electrons. The number of aliphatic imine (C=N–C) groups is 1. The van der Waals surface area contributed by atoms with E-state index < -0.39 is 0 Å². The number of hydrogen-bond donors (Lipinski definition) is 2. The van der Waals surface area contributed by atoms with E-state index >= 15 is 0 Å². The summed E-state index contributed by atoms with van der Waals surface area (Å²) in [5.41, 5.74) is 1.21. The van der Waals surface area contributed by atoms with Gasteiger partial charge < -0.3 is 24.8 Å². The fourth-order valence-corrected chi connectivity index (χ4v) is 2.64. The van der Waals surface area contributed by atoms with Gasteiger partial charge in [0.05, 0.1) is 13.2 Å². The number of ether oxygens (including phenoxy) is 3. The van der Waals surface area contributed by atoms with Gasteiger partial charge in [-0.15, -0.1) is 24.0 Å². The third-order valence-electron chi connectivity index (χ3n) is 3.93. The van der Waals surface area contributed by atoms with Gasteiger partial charge in [0.15, 0.2) is 17.5 Å². The maximum atomic E-state index is 5.70. The average molecular weight is 507 g/mol. The standard InChI is InChI=1S/C21H37N3O3.HI/c1-5-22-21(23-14-9-8-10-16-25-4)24-15-13-18-11-12-19(26-6-2)20(17-18)27-7-3;/h11-12,17H,5-10,13-16H2,1-4H3,(H2,22,23,24);1H. The summed E-state index contributed by atoms with van der Waals surface area (Å²) in [4.78, 5) is 4.64. The summed E-state index contributed by atoms with van der Waals surface area (Å²) in [7, 11) is 1.74. The van der Waals surface area contributed by atoms with E-state index in [2.05, 4.69) is 34.7 Å². The summed E-state index contributed by atoms with van der Waals surface area (Å²) in [5.74, 6) is 2.49. The molecule has 0 fully saturated rings. The van der Waals surface area contributed by atoms with Crippen molar-refractivity contribution in [1.29, 1.82) is 0 Å². The van der Waals surface area contributed by atoms with Crippen molar-refractivity contribution in [2.45, 2.75) is 46.5 Å². The minimum absolute atomic E-state index is 0. The molecule has 0 aromatic heterocycles. The Hall–Kier alpha value is -1.22. The molecule has 0 saturated carbocycles. The first-order valence-corrected chi connectivity index (χ1v) is 10.1. The zero-order valence-electron chi connectivity index (χ0n) is 17.9. The third-order valence-corrected chi connectivity index (χ3v) is 3.93. The second-order valence-electron chi connectivity index (χ2n) is 6.14. The van der Waals surface area contributed by atoms with Crippen molar-refractivity contribution in [3.63, 3.8) is 0 Å². The SMILES string of the molecule is CCNC(=NCCCCCOC)NCCc1ccc(OCC)c(OCC)c1.I. The van der Waals surface area contributed by atoms with E-state index in [1.54, 1.807) is 7.11 Å². The molecule has 0 radical (unpaired) electrons. The Bertz CT molecular complexity index is 542. The zero-order chi connectivity index (χ0) is 19.7. The van der Waals surface area contributed by atoms with E-state index in [1.165, 1.54) is 5.56 Å². The Kier molecular flexibility index (Phi) is 17.1. The van der Waals surface area contributed by atoms with Gasteiger partial charge >= 0.3 is 0 Å². The van der Waals surface area contributed by atoms with Crippen molar-refractivity contribution in [3.05, 3.63) is 23.8 Å². The van der Waals surface area contributed by atoms with E-state index in [0.29, 0.717) is 13.2 Å². The Morgan fingerprint density at radius 3 is 2.39 bits per heavy atom. The minimum Gasteiger partial charge on any atom is -0.490 e. The molecule has 0 aliphatic heterocycles. The third kappa shape index (κ3) is 11.6. The number of guanidine groups is 1. The van der Waals surface area contributed by atoms with Gasteiger partial charge in [0.2, 0.25) is 0 Å². The molecule has 0 spiro atoms. The summed E-state index contributed by atoms with van der Waals surface area (Å²) in [5, 5.41) is 6.70. The van der Waals surface area contributed by atoms with Gasteiger partial charge in [0.1, 0.15) is 0 Å². The molecule has 0 bridgehead atoms. The van der Waals surface area contributed by atoms with Crippen LogP contribution in [0, 0.1) is 0 Å². The summed E-state index contributed by atoms with van der Waals surface area (Å²) in [6.07, 6.45) is 4.21. The average Bonchev–Trinajstić information content (AvgIpc) is 2.67. The van der Waals surface area contributed by atoms with E-state index in [-0.39, 0.29) is 24.0 Å². The van der Waals surface area contributed by atoms with E-state index in [4.69, 9.17) is 14.2 Å². The summed E-state index contributed by atoms with van der Waals surface area (Å²) < 4.78 is 16.4. The molecule has 1 aromatic carbocycles. The molecule has 0 saturated heterocycles. The number of unbranched alkanes of at least 4 members (excludes halogenated alkanes) is 2. The molecule has 2 N–H and O–H groups in total. The molecule has 0 heterocycles. The number of nitrogens with one attached hydrogen (secondary N) is 2. The van der Waals surface area contributed by atoms with Gasteiger partial charge in [0.25, 0.3) is 0 Å². The predicted octanol–water partition coefficient (Wildman–Crippen LogP) is 4.02. The number of benzene rings is 1. The van der Waals surface area contributed by atoms with Crippen LogP contribution in [0.2, 0.25) is 0 Å². The number of nitrogens with zero attached hydrogens (tertiary/aromatic N) is 1. The molecule has 7 heteroatoms. The second-order valence-corrected chi connectivity index (χ2v) is 6.14. The lowest BCUT2D eigenvalue weighted by molar-refractivity contribution is 0.192. The molecule has 6 nitrogen and oxygen atoms in total. The first-order chi connectivity index (χ1) is 13.2. The molecule has 0 unspecified atom stereocenters. The second kappa shape index (κ2) is 17.8. The van der Waals surface area contributed by atoms with Crippen LogP contribution < -0.4 is 20.1 Å². The first-order valence-electron chi connectivity index (χ1n) is 10.1. The Balaban J connectivity index is 0.00000729. The van der Waals surface area contributed by atoms with Crippen LogP contribution in [0.4, 0.5) is 0 Å². The van der Waals surface area contributed by atoms with Gasteiger partial charge in [-0.3, -0.25) is 4.99 Å². The van der Waals surface area contributed by atoms with Crippen molar-refractivity contribution in [2.75, 3.05) is 46.6 Å². The van der Waals surface area contributed by atoms with E-state index in [0.717, 1.165) is 69.4 Å². The van der Waals surface area contributed by atoms with Gasteiger partial charge in [-0.05, 0) is 64.2 Å². The number of rotatable bonds is 14. The molecule has 1 rings (SSSR count). The fourth-order valence-electron chi connectivity index (χ4n) is 2.64. The van der Waals surface area contributed by atoms with Crippen molar-refractivity contribution < 1.29 is 14.2 Å². The summed E-state index contributed by atoms with van der Waals surface area (Å²) >= 11 is 0. The van der Waals surface area contributed by atoms with Gasteiger partial charge in [-0.25, -0.2) is 0 Å². The quantitative estimate of drug-likeness (QED) is 0.173. The molecule has 0 aliphatic carbocycles. The molecule has 0 atom stereocenters. The normalized spacial score (nSPS) is 10.9. The van der Waals surface area contributed by atoms with Gasteiger partial charge in [0, 0.05) is 33.4 Å². The highest BCUT2D eigenvalue weighted by Gasteiger charge is 2.06. The highest BCUT2D eigenvalue weighted by Crippen LogP contribution is 2.28. The molecule has 0 amide bonds. The Morgan fingerprint density at radius 2 is 1.71 bits per heavy atom. The van der Waals surface area contributed by atoms with E-state index in [9.17, 15) is 0 Å². The Labute approximate surface area is 187 Å². The van der Waals surface area contributed by atoms with Crippen LogP contribution in [0.25, 0.3) is 0 Å². The van der Waals surface area contributed by atoms with Crippen LogP contribution in [0.3, 0.4) is 0 Å². The highest BCUT2D eigenvalue weighted by molar-refractivity contribution is 14.0. The van der Waals surface area contributed by atoms with Crippen molar-refractivity contribution in [2.24, 2.45) is 4.99 Å². The topological polar surface area (TPSA) is 64.1 Å². The van der Waals surface area contributed by atoms with Crippen molar-refractivity contribution in [3.8, 4) is 11.5 Å². The number of halogens is 1. The van der Waals surface area contributed by atoms with Gasteiger partial charge in [-0.2, -0.15) is 0 Å². The van der Waals surface area contributed by atoms with Crippen LogP contribution in [-0.4, -0.2) is 52.5 Å². The summed E-state index contributed by atoms with van der Waals surface area (Å²) in [6, 6.07) is 6.15. The number of methoxy groups -OCH3 is 1. The lowest BCUT2D eigenvalue weighted by Crippen LogP contribution is -2.38. The van der Waals surface area contributed by atoms with Crippen LogP contribution in [-0.2, 0) is 11.2 Å². The molecule has 0 aliphatic rings. The van der Waals surface area contributed by atoms with Gasteiger partial charge in [-0.1, -0.05) is 6.07 Å². The summed E-state index contributed by atoms with van der Waals surface area (Å²) in [6.45, 7) is 10.6. The maximum absolute atomic E-state index is 5.70. The number of hydrogen-bond acceptors (Lipinski definition) is 4. The molecular weight excluding hydrogens is 469 g/mol. The smallest absolute Gasteiger partial charge is 0.191 e. The lowest BCUT2D eigenvalue weighted by atomic mass is 10.1. The van der Waals surface area contributed by atoms with Crippen LogP contribution in [0.1, 0.15) is 45.6 Å².